The van der Waals surface area contributed by atoms with Crippen LogP contribution in [0.15, 0.2) is 29.5 Å². The van der Waals surface area contributed by atoms with Gasteiger partial charge in [-0.1, -0.05) is 6.07 Å². The molecule has 7 heteroatoms. The van der Waals surface area contributed by atoms with Crippen molar-refractivity contribution in [1.29, 1.82) is 0 Å². The van der Waals surface area contributed by atoms with Crippen LogP contribution in [-0.2, 0) is 4.74 Å². The van der Waals surface area contributed by atoms with E-state index in [1.165, 1.54) is 6.21 Å². The van der Waals surface area contributed by atoms with Crippen LogP contribution in [-0.4, -0.2) is 29.0 Å². The van der Waals surface area contributed by atoms with Crippen molar-refractivity contribution in [3.05, 3.63) is 30.1 Å². The molecule has 1 amide bonds. The number of thiocarbonyl (C=S) groups is 1. The van der Waals surface area contributed by atoms with Crippen LogP contribution in [0, 0.1) is 0 Å². The Morgan fingerprint density at radius 1 is 1.65 bits per heavy atom. The van der Waals surface area contributed by atoms with Gasteiger partial charge in [-0.3, -0.25) is 15.7 Å². The van der Waals surface area contributed by atoms with E-state index in [1.807, 2.05) is 6.07 Å². The lowest BCUT2D eigenvalue weighted by Crippen LogP contribution is -2.37. The second-order valence-electron chi connectivity index (χ2n) is 2.80. The van der Waals surface area contributed by atoms with Crippen molar-refractivity contribution in [3.63, 3.8) is 0 Å². The van der Waals surface area contributed by atoms with Gasteiger partial charge in [0.15, 0.2) is 5.11 Å². The molecule has 0 atom stereocenters. The van der Waals surface area contributed by atoms with E-state index in [0.29, 0.717) is 5.69 Å². The average Bonchev–Trinajstić information content (AvgIpc) is 2.30. The molecule has 0 bridgehead atoms. The lowest BCUT2D eigenvalue weighted by atomic mass is 10.4. The van der Waals surface area contributed by atoms with Crippen LogP contribution in [0.2, 0.25) is 0 Å². The van der Waals surface area contributed by atoms with Gasteiger partial charge in [-0.15, -0.1) is 0 Å². The van der Waals surface area contributed by atoms with Crippen LogP contribution in [0.3, 0.4) is 0 Å². The summed E-state index contributed by atoms with van der Waals surface area (Å²) < 4.78 is 4.64. The van der Waals surface area contributed by atoms with Crippen molar-refractivity contribution in [2.75, 3.05) is 6.61 Å². The first-order valence-electron chi connectivity index (χ1n) is 4.90. The van der Waals surface area contributed by atoms with Gasteiger partial charge in [0.25, 0.3) is 0 Å². The molecule has 0 radical (unpaired) electrons. The van der Waals surface area contributed by atoms with Crippen LogP contribution < -0.4 is 10.7 Å². The third-order valence-electron chi connectivity index (χ3n) is 1.54. The second kappa shape index (κ2) is 7.29. The maximum absolute atomic E-state index is 11.0. The van der Waals surface area contributed by atoms with Crippen LogP contribution in [0.1, 0.15) is 12.6 Å². The summed E-state index contributed by atoms with van der Waals surface area (Å²) in [6.07, 6.45) is 2.52. The molecule has 1 rings (SSSR count). The third-order valence-corrected chi connectivity index (χ3v) is 1.74. The number of alkyl carbamates (subject to hydrolysis) is 1. The number of hydrogen-bond donors (Lipinski definition) is 2. The third kappa shape index (κ3) is 5.57. The summed E-state index contributed by atoms with van der Waals surface area (Å²) in [6, 6.07) is 5.42. The van der Waals surface area contributed by atoms with Crippen LogP contribution in [0.4, 0.5) is 4.79 Å². The highest BCUT2D eigenvalue weighted by Crippen LogP contribution is 1.87. The summed E-state index contributed by atoms with van der Waals surface area (Å²) >= 11 is 4.80. The number of pyridine rings is 1. The molecule has 0 unspecified atom stereocenters. The summed E-state index contributed by atoms with van der Waals surface area (Å²) in [7, 11) is 0. The minimum atomic E-state index is -0.613. The summed E-state index contributed by atoms with van der Waals surface area (Å²) in [5.41, 5.74) is 3.15. The number of rotatable bonds is 3. The van der Waals surface area contributed by atoms with Gasteiger partial charge in [0.1, 0.15) is 0 Å². The van der Waals surface area contributed by atoms with Gasteiger partial charge in [-0.25, -0.2) is 4.79 Å². The zero-order valence-corrected chi connectivity index (χ0v) is 10.0. The number of nitrogens with zero attached hydrogens (tertiary/aromatic N) is 2. The van der Waals surface area contributed by atoms with Crippen LogP contribution in [0.5, 0.6) is 0 Å². The standard InChI is InChI=1S/C10H12N4O2S/c1-2-16-10(15)13-9(17)14-12-7-8-5-3-4-6-11-8/h3-7H,2H2,1H3,(H2,13,14,15,17)/b12-7+. The number of amides is 1. The molecule has 17 heavy (non-hydrogen) atoms. The van der Waals surface area contributed by atoms with Crippen molar-refractivity contribution in [3.8, 4) is 0 Å². The quantitative estimate of drug-likeness (QED) is 0.477. The molecule has 0 fully saturated rings. The first-order chi connectivity index (χ1) is 8.22. The topological polar surface area (TPSA) is 75.6 Å². The van der Waals surface area contributed by atoms with Gasteiger partial charge in [-0.05, 0) is 31.3 Å². The van der Waals surface area contributed by atoms with E-state index in [-0.39, 0.29) is 11.7 Å². The molecule has 0 saturated carbocycles. The Balaban J connectivity index is 2.33. The zero-order chi connectivity index (χ0) is 12.5. The van der Waals surface area contributed by atoms with E-state index in [2.05, 4.69) is 25.6 Å². The average molecular weight is 252 g/mol. The van der Waals surface area contributed by atoms with E-state index in [1.54, 1.807) is 25.3 Å². The smallest absolute Gasteiger partial charge is 0.413 e. The van der Waals surface area contributed by atoms with Gasteiger partial charge in [0.05, 0.1) is 18.5 Å². The highest BCUT2D eigenvalue weighted by atomic mass is 32.1. The molecular formula is C10H12N4O2S. The Morgan fingerprint density at radius 2 is 2.47 bits per heavy atom. The predicted octanol–water partition coefficient (Wildman–Crippen LogP) is 1.04. The zero-order valence-electron chi connectivity index (χ0n) is 9.21. The molecule has 1 aromatic rings. The summed E-state index contributed by atoms with van der Waals surface area (Å²) in [6.45, 7) is 1.99. The van der Waals surface area contributed by atoms with Crippen molar-refractivity contribution in [1.82, 2.24) is 15.7 Å². The molecule has 0 aromatic carbocycles. The van der Waals surface area contributed by atoms with Gasteiger partial charge in [-0.2, -0.15) is 5.10 Å². The number of hydrogen-bond acceptors (Lipinski definition) is 5. The predicted molar refractivity (Wildman–Crippen MR) is 67.7 cm³/mol. The number of hydrazone groups is 1. The van der Waals surface area contributed by atoms with E-state index in [4.69, 9.17) is 12.2 Å². The maximum Gasteiger partial charge on any atom is 0.413 e. The molecule has 90 valence electrons. The fourth-order valence-electron chi connectivity index (χ4n) is 0.897. The lowest BCUT2D eigenvalue weighted by Gasteiger charge is -2.04. The summed E-state index contributed by atoms with van der Waals surface area (Å²) in [4.78, 5) is 15.0. The first-order valence-corrected chi connectivity index (χ1v) is 5.31. The Bertz CT molecular complexity index is 408. The molecule has 0 spiro atoms. The fourth-order valence-corrected chi connectivity index (χ4v) is 1.03. The van der Waals surface area contributed by atoms with Crippen molar-refractivity contribution in [2.45, 2.75) is 6.92 Å². The minimum absolute atomic E-state index is 0.0654. The molecule has 1 heterocycles. The Labute approximate surface area is 104 Å². The lowest BCUT2D eigenvalue weighted by molar-refractivity contribution is 0.157. The summed E-state index contributed by atoms with van der Waals surface area (Å²) in [5, 5.41) is 6.16. The first kappa shape index (κ1) is 13.0. The molecule has 6 nitrogen and oxygen atoms in total. The highest BCUT2D eigenvalue weighted by molar-refractivity contribution is 7.80. The van der Waals surface area contributed by atoms with Crippen molar-refractivity contribution in [2.24, 2.45) is 5.10 Å². The van der Waals surface area contributed by atoms with Gasteiger partial charge >= 0.3 is 6.09 Å². The Kier molecular flexibility index (Phi) is 5.59. The SMILES string of the molecule is CCOC(=O)NC(=S)N/N=C/c1ccccn1. The number of carbonyl (C=O) groups excluding carboxylic acids is 1. The van der Waals surface area contributed by atoms with Crippen LogP contribution >= 0.6 is 12.2 Å². The highest BCUT2D eigenvalue weighted by Gasteiger charge is 2.02. The summed E-state index contributed by atoms with van der Waals surface area (Å²) in [5.74, 6) is 0. The molecule has 0 aliphatic carbocycles. The molecular weight excluding hydrogens is 240 g/mol. The Morgan fingerprint density at radius 3 is 3.12 bits per heavy atom. The van der Waals surface area contributed by atoms with Crippen LogP contribution in [0.25, 0.3) is 0 Å². The maximum atomic E-state index is 11.0. The van der Waals surface area contributed by atoms with Gasteiger partial charge in [0.2, 0.25) is 0 Å². The second-order valence-corrected chi connectivity index (χ2v) is 3.21. The number of nitrogens with one attached hydrogen (secondary N) is 2. The minimum Gasteiger partial charge on any atom is -0.450 e. The molecule has 0 aliphatic rings. The molecule has 0 saturated heterocycles. The van der Waals surface area contributed by atoms with E-state index >= 15 is 0 Å². The van der Waals surface area contributed by atoms with Gasteiger partial charge < -0.3 is 4.74 Å². The Hall–Kier alpha value is -2.02. The molecule has 0 aliphatic heterocycles. The van der Waals surface area contributed by atoms with E-state index in [0.717, 1.165) is 0 Å². The number of carbonyl (C=O) groups is 1. The largest absolute Gasteiger partial charge is 0.450 e. The normalized spacial score (nSPS) is 9.94. The van der Waals surface area contributed by atoms with Crippen molar-refractivity contribution < 1.29 is 9.53 Å². The molecule has 1 aromatic heterocycles. The van der Waals surface area contributed by atoms with E-state index < -0.39 is 6.09 Å². The monoisotopic (exact) mass is 252 g/mol. The van der Waals surface area contributed by atoms with E-state index in [9.17, 15) is 4.79 Å². The van der Waals surface area contributed by atoms with Gasteiger partial charge in [0, 0.05) is 6.20 Å². The number of aromatic nitrogens is 1. The van der Waals surface area contributed by atoms with Crippen molar-refractivity contribution >= 4 is 29.6 Å². The fraction of sp³-hybridized carbons (Fsp3) is 0.200. The molecule has 2 N–H and O–H groups in total. The number of ether oxygens (including phenoxy) is 1.